The maximum absolute atomic E-state index is 11.5. The third-order valence-corrected chi connectivity index (χ3v) is 2.94. The van der Waals surface area contributed by atoms with Crippen molar-refractivity contribution < 1.29 is 19.1 Å². The Morgan fingerprint density at radius 3 is 2.14 bits per heavy atom. The zero-order chi connectivity index (χ0) is 16.2. The average molecular weight is 292 g/mol. The number of carbonyl (C=O) groups is 3. The lowest BCUT2D eigenvalue weighted by atomic mass is 9.95. The molecule has 4 N–H and O–H groups in total. The molecular weight excluding hydrogens is 272 g/mol. The van der Waals surface area contributed by atoms with Crippen molar-refractivity contribution in [3.8, 4) is 5.75 Å². The number of amides is 2. The van der Waals surface area contributed by atoms with Gasteiger partial charge in [-0.2, -0.15) is 0 Å². The third kappa shape index (κ3) is 4.59. The van der Waals surface area contributed by atoms with Crippen LogP contribution in [0.25, 0.3) is 0 Å². The summed E-state index contributed by atoms with van der Waals surface area (Å²) < 4.78 is 5.62. The number of ketones is 1. The first kappa shape index (κ1) is 16.7. The summed E-state index contributed by atoms with van der Waals surface area (Å²) in [6, 6.07) is 4.87. The standard InChI is InChI=1S/C15H20N2O4/c1-8(2)21-13-5-4-10(9(3)18)6-11(13)7-12(14(16)19)15(17)20/h4-6,8,12H,7H2,1-3H3,(H2,16,19)(H2,17,20). The van der Waals surface area contributed by atoms with Gasteiger partial charge in [-0.15, -0.1) is 0 Å². The van der Waals surface area contributed by atoms with Crippen LogP contribution in [0.15, 0.2) is 18.2 Å². The predicted molar refractivity (Wildman–Crippen MR) is 77.8 cm³/mol. The van der Waals surface area contributed by atoms with Crippen LogP contribution in [0.4, 0.5) is 0 Å². The normalized spacial score (nSPS) is 10.7. The summed E-state index contributed by atoms with van der Waals surface area (Å²) in [5, 5.41) is 0. The Labute approximate surface area is 123 Å². The number of hydrogen-bond donors (Lipinski definition) is 2. The van der Waals surface area contributed by atoms with Crippen LogP contribution in [-0.2, 0) is 16.0 Å². The third-order valence-electron chi connectivity index (χ3n) is 2.94. The number of hydrogen-bond acceptors (Lipinski definition) is 4. The first-order chi connectivity index (χ1) is 9.72. The second kappa shape index (κ2) is 6.88. The van der Waals surface area contributed by atoms with Gasteiger partial charge < -0.3 is 16.2 Å². The lowest BCUT2D eigenvalue weighted by Gasteiger charge is -2.17. The van der Waals surface area contributed by atoms with Crippen LogP contribution in [0.2, 0.25) is 0 Å². The Hall–Kier alpha value is -2.37. The molecule has 1 rings (SSSR count). The molecule has 1 aromatic carbocycles. The van der Waals surface area contributed by atoms with E-state index in [1.165, 1.54) is 6.92 Å². The van der Waals surface area contributed by atoms with Gasteiger partial charge in [-0.05, 0) is 51.0 Å². The highest BCUT2D eigenvalue weighted by Gasteiger charge is 2.24. The van der Waals surface area contributed by atoms with Gasteiger partial charge in [-0.1, -0.05) is 0 Å². The molecule has 114 valence electrons. The van der Waals surface area contributed by atoms with Crippen LogP contribution in [0.5, 0.6) is 5.75 Å². The fraction of sp³-hybridized carbons (Fsp3) is 0.400. The van der Waals surface area contributed by atoms with Crippen molar-refractivity contribution in [2.45, 2.75) is 33.3 Å². The maximum atomic E-state index is 11.5. The zero-order valence-electron chi connectivity index (χ0n) is 12.4. The lowest BCUT2D eigenvalue weighted by molar-refractivity contribution is -0.131. The zero-order valence-corrected chi connectivity index (χ0v) is 12.4. The van der Waals surface area contributed by atoms with Crippen molar-refractivity contribution in [1.82, 2.24) is 0 Å². The fourth-order valence-corrected chi connectivity index (χ4v) is 1.89. The van der Waals surface area contributed by atoms with Gasteiger partial charge in [0.25, 0.3) is 0 Å². The Balaban J connectivity index is 3.21. The molecule has 6 nitrogen and oxygen atoms in total. The SMILES string of the molecule is CC(=O)c1ccc(OC(C)C)c(CC(C(N)=O)C(N)=O)c1. The van der Waals surface area contributed by atoms with E-state index in [1.54, 1.807) is 18.2 Å². The minimum Gasteiger partial charge on any atom is -0.491 e. The van der Waals surface area contributed by atoms with Crippen LogP contribution in [-0.4, -0.2) is 23.7 Å². The Morgan fingerprint density at radius 1 is 1.14 bits per heavy atom. The highest BCUT2D eigenvalue weighted by atomic mass is 16.5. The van der Waals surface area contributed by atoms with E-state index in [2.05, 4.69) is 0 Å². The molecule has 0 radical (unpaired) electrons. The first-order valence-corrected chi connectivity index (χ1v) is 6.61. The number of benzene rings is 1. The second-order valence-electron chi connectivity index (χ2n) is 5.11. The molecule has 0 aromatic heterocycles. The number of Topliss-reactive ketones (excluding diaryl/α,β-unsaturated/α-hetero) is 1. The van der Waals surface area contributed by atoms with Crippen LogP contribution in [0, 0.1) is 5.92 Å². The number of nitrogens with two attached hydrogens (primary N) is 2. The molecule has 0 aliphatic rings. The van der Waals surface area contributed by atoms with Crippen LogP contribution >= 0.6 is 0 Å². The van der Waals surface area contributed by atoms with Crippen LogP contribution < -0.4 is 16.2 Å². The van der Waals surface area contributed by atoms with Crippen molar-refractivity contribution in [1.29, 1.82) is 0 Å². The maximum Gasteiger partial charge on any atom is 0.230 e. The highest BCUT2D eigenvalue weighted by Crippen LogP contribution is 2.25. The number of carbonyl (C=O) groups excluding carboxylic acids is 3. The van der Waals surface area contributed by atoms with Gasteiger partial charge >= 0.3 is 0 Å². The second-order valence-corrected chi connectivity index (χ2v) is 5.11. The molecule has 0 saturated heterocycles. The molecular formula is C15H20N2O4. The van der Waals surface area contributed by atoms with E-state index in [0.717, 1.165) is 0 Å². The summed E-state index contributed by atoms with van der Waals surface area (Å²) in [4.78, 5) is 34.1. The molecule has 21 heavy (non-hydrogen) atoms. The van der Waals surface area contributed by atoms with Gasteiger partial charge in [-0.25, -0.2) is 0 Å². The molecule has 0 unspecified atom stereocenters. The molecule has 0 heterocycles. The van der Waals surface area contributed by atoms with E-state index in [4.69, 9.17) is 16.2 Å². The van der Waals surface area contributed by atoms with Crippen molar-refractivity contribution in [3.05, 3.63) is 29.3 Å². The van der Waals surface area contributed by atoms with E-state index in [0.29, 0.717) is 16.9 Å². The van der Waals surface area contributed by atoms with Gasteiger partial charge in [0.05, 0.1) is 6.10 Å². The van der Waals surface area contributed by atoms with Crippen LogP contribution in [0.3, 0.4) is 0 Å². The summed E-state index contributed by atoms with van der Waals surface area (Å²) in [6.07, 6.45) is -0.0825. The quantitative estimate of drug-likeness (QED) is 0.571. The fourth-order valence-electron chi connectivity index (χ4n) is 1.89. The molecule has 0 fully saturated rings. The number of ether oxygens (including phenoxy) is 1. The van der Waals surface area contributed by atoms with E-state index < -0.39 is 17.7 Å². The van der Waals surface area contributed by atoms with Gasteiger partial charge in [0, 0.05) is 5.56 Å². The highest BCUT2D eigenvalue weighted by molar-refractivity contribution is 5.99. The summed E-state index contributed by atoms with van der Waals surface area (Å²) >= 11 is 0. The van der Waals surface area contributed by atoms with Crippen molar-refractivity contribution in [2.24, 2.45) is 17.4 Å². The van der Waals surface area contributed by atoms with Crippen molar-refractivity contribution >= 4 is 17.6 Å². The molecule has 0 spiro atoms. The van der Waals surface area contributed by atoms with Crippen LogP contribution in [0.1, 0.15) is 36.7 Å². The van der Waals surface area contributed by atoms with Crippen molar-refractivity contribution in [2.75, 3.05) is 0 Å². The molecule has 1 aromatic rings. The molecule has 0 aliphatic carbocycles. The van der Waals surface area contributed by atoms with Gasteiger partial charge in [0.15, 0.2) is 5.78 Å². The van der Waals surface area contributed by atoms with E-state index >= 15 is 0 Å². The Kier molecular flexibility index (Phi) is 5.46. The number of primary amides is 2. The lowest BCUT2D eigenvalue weighted by Crippen LogP contribution is -2.36. The minimum atomic E-state index is -1.14. The van der Waals surface area contributed by atoms with E-state index in [-0.39, 0.29) is 18.3 Å². The largest absolute Gasteiger partial charge is 0.491 e. The molecule has 0 atom stereocenters. The van der Waals surface area contributed by atoms with Gasteiger partial charge in [-0.3, -0.25) is 14.4 Å². The smallest absolute Gasteiger partial charge is 0.230 e. The molecule has 6 heteroatoms. The summed E-state index contributed by atoms with van der Waals surface area (Å²) in [5.41, 5.74) is 11.4. The predicted octanol–water partition coefficient (Wildman–Crippen LogP) is 0.806. The first-order valence-electron chi connectivity index (χ1n) is 6.61. The van der Waals surface area contributed by atoms with E-state index in [1.807, 2.05) is 13.8 Å². The summed E-state index contributed by atoms with van der Waals surface area (Å²) in [5.74, 6) is -2.36. The molecule has 0 bridgehead atoms. The number of rotatable bonds is 7. The molecule has 0 saturated carbocycles. The van der Waals surface area contributed by atoms with Gasteiger partial charge in [0.1, 0.15) is 11.7 Å². The monoisotopic (exact) mass is 292 g/mol. The summed E-state index contributed by atoms with van der Waals surface area (Å²) in [7, 11) is 0. The molecule has 2 amide bonds. The minimum absolute atomic E-state index is 0.00778. The summed E-state index contributed by atoms with van der Waals surface area (Å²) in [6.45, 7) is 5.13. The van der Waals surface area contributed by atoms with E-state index in [9.17, 15) is 14.4 Å². The Bertz CT molecular complexity index is 553. The average Bonchev–Trinajstić information content (AvgIpc) is 2.35. The topological polar surface area (TPSA) is 112 Å². The molecule has 0 aliphatic heterocycles. The Morgan fingerprint density at radius 2 is 1.71 bits per heavy atom. The van der Waals surface area contributed by atoms with Crippen molar-refractivity contribution in [3.63, 3.8) is 0 Å². The van der Waals surface area contributed by atoms with Gasteiger partial charge in [0.2, 0.25) is 11.8 Å².